The second-order valence-corrected chi connectivity index (χ2v) is 5.11. The third-order valence-electron chi connectivity index (χ3n) is 1.63. The van der Waals surface area contributed by atoms with E-state index < -0.39 is 21.7 Å². The quantitative estimate of drug-likeness (QED) is 0.565. The van der Waals surface area contributed by atoms with Crippen molar-refractivity contribution in [3.05, 3.63) is 12.2 Å². The maximum atomic E-state index is 10.9. The molecule has 0 saturated carbocycles. The number of carboxylic acids is 1. The maximum absolute atomic E-state index is 10.9. The average molecular weight is 219 g/mol. The van der Waals surface area contributed by atoms with Gasteiger partial charge in [-0.05, 0) is 0 Å². The summed E-state index contributed by atoms with van der Waals surface area (Å²) in [7, 11) is -2.96. The predicted molar refractivity (Wildman–Crippen MR) is 47.4 cm³/mol. The van der Waals surface area contributed by atoms with E-state index in [1.54, 1.807) is 0 Å². The van der Waals surface area contributed by atoms with Crippen LogP contribution in [0.2, 0.25) is 0 Å². The highest BCUT2D eigenvalue weighted by Crippen LogP contribution is 2.09. The molecule has 1 saturated heterocycles. The van der Waals surface area contributed by atoms with Gasteiger partial charge in [0.05, 0.1) is 17.5 Å². The van der Waals surface area contributed by atoms with Gasteiger partial charge in [0.25, 0.3) is 0 Å². The monoisotopic (exact) mass is 219 g/mol. The number of amides is 1. The van der Waals surface area contributed by atoms with Crippen LogP contribution < -0.4 is 5.32 Å². The molecule has 0 unspecified atom stereocenters. The topological polar surface area (TPSA) is 101 Å². The molecule has 0 spiro atoms. The number of aliphatic carboxylic acids is 1. The van der Waals surface area contributed by atoms with Crippen LogP contribution in [0.1, 0.15) is 0 Å². The fourth-order valence-corrected chi connectivity index (χ4v) is 2.34. The molecule has 0 aromatic carbocycles. The van der Waals surface area contributed by atoms with Crippen molar-refractivity contribution in [2.75, 3.05) is 11.5 Å². The predicted octanol–water partition coefficient (Wildman–Crippen LogP) is -1.46. The Bertz CT molecular complexity index is 371. The number of hydrogen-bond acceptors (Lipinski definition) is 4. The summed E-state index contributed by atoms with van der Waals surface area (Å²) < 4.78 is 21.4. The van der Waals surface area contributed by atoms with E-state index in [0.717, 1.165) is 6.08 Å². The summed E-state index contributed by atoms with van der Waals surface area (Å²) in [6, 6.07) is -0.383. The largest absolute Gasteiger partial charge is 0.478 e. The SMILES string of the molecule is O=C(O)C=CC(=O)NC1CS(=O)(=O)C1. The van der Waals surface area contributed by atoms with E-state index in [4.69, 9.17) is 5.11 Å². The first-order chi connectivity index (χ1) is 6.39. The van der Waals surface area contributed by atoms with Crippen molar-refractivity contribution in [2.24, 2.45) is 0 Å². The minimum Gasteiger partial charge on any atom is -0.478 e. The average Bonchev–Trinajstić information content (AvgIpc) is 1.97. The molecule has 0 radical (unpaired) electrons. The first-order valence-electron chi connectivity index (χ1n) is 3.81. The minimum absolute atomic E-state index is 0.0698. The van der Waals surface area contributed by atoms with E-state index in [-0.39, 0.29) is 17.5 Å². The van der Waals surface area contributed by atoms with Crippen LogP contribution in [0.3, 0.4) is 0 Å². The molecule has 14 heavy (non-hydrogen) atoms. The lowest BCUT2D eigenvalue weighted by Gasteiger charge is -2.25. The van der Waals surface area contributed by atoms with Crippen LogP contribution in [-0.2, 0) is 19.4 Å². The van der Waals surface area contributed by atoms with Crippen molar-refractivity contribution in [1.82, 2.24) is 5.32 Å². The third-order valence-corrected chi connectivity index (χ3v) is 3.45. The van der Waals surface area contributed by atoms with E-state index in [9.17, 15) is 18.0 Å². The Morgan fingerprint density at radius 1 is 1.29 bits per heavy atom. The van der Waals surface area contributed by atoms with E-state index in [1.807, 2.05) is 0 Å². The standard InChI is InChI=1S/C7H9NO5S/c9-6(1-2-7(10)11)8-5-3-14(12,13)4-5/h1-2,5H,3-4H2,(H,8,9)(H,10,11). The molecule has 2 N–H and O–H groups in total. The summed E-state index contributed by atoms with van der Waals surface area (Å²) in [5.41, 5.74) is 0. The van der Waals surface area contributed by atoms with Gasteiger partial charge in [0, 0.05) is 12.2 Å². The highest BCUT2D eigenvalue weighted by molar-refractivity contribution is 7.92. The van der Waals surface area contributed by atoms with Crippen LogP contribution in [0, 0.1) is 0 Å². The molecule has 0 bridgehead atoms. The minimum atomic E-state index is -2.96. The Labute approximate surface area is 80.5 Å². The van der Waals surface area contributed by atoms with Crippen molar-refractivity contribution in [1.29, 1.82) is 0 Å². The fraction of sp³-hybridized carbons (Fsp3) is 0.429. The molecule has 1 rings (SSSR count). The van der Waals surface area contributed by atoms with Crippen molar-refractivity contribution in [3.8, 4) is 0 Å². The fourth-order valence-electron chi connectivity index (χ4n) is 1.04. The molecule has 0 aromatic heterocycles. The second-order valence-electron chi connectivity index (χ2n) is 2.95. The van der Waals surface area contributed by atoms with Crippen LogP contribution in [0.4, 0.5) is 0 Å². The Kier molecular flexibility index (Phi) is 2.90. The van der Waals surface area contributed by atoms with Crippen LogP contribution >= 0.6 is 0 Å². The highest BCUT2D eigenvalue weighted by atomic mass is 32.2. The summed E-state index contributed by atoms with van der Waals surface area (Å²) in [6.45, 7) is 0. The van der Waals surface area contributed by atoms with Gasteiger partial charge in [0.1, 0.15) is 0 Å². The first kappa shape index (κ1) is 10.7. The van der Waals surface area contributed by atoms with E-state index in [1.165, 1.54) is 0 Å². The molecule has 1 aliphatic heterocycles. The molecule has 1 amide bonds. The Morgan fingerprint density at radius 2 is 1.86 bits per heavy atom. The summed E-state index contributed by atoms with van der Waals surface area (Å²) in [6.07, 6.45) is 1.55. The molecule has 6 nitrogen and oxygen atoms in total. The second kappa shape index (κ2) is 3.79. The van der Waals surface area contributed by atoms with Crippen LogP contribution in [0.5, 0.6) is 0 Å². The summed E-state index contributed by atoms with van der Waals surface area (Å²) in [4.78, 5) is 20.9. The summed E-state index contributed by atoms with van der Waals surface area (Å²) in [5, 5.41) is 10.5. The molecule has 7 heteroatoms. The third kappa shape index (κ3) is 3.17. The Balaban J connectivity index is 2.33. The van der Waals surface area contributed by atoms with Gasteiger partial charge in [-0.1, -0.05) is 0 Å². The van der Waals surface area contributed by atoms with Gasteiger partial charge in [-0.2, -0.15) is 0 Å². The van der Waals surface area contributed by atoms with Gasteiger partial charge in [-0.15, -0.1) is 0 Å². The molecule has 78 valence electrons. The van der Waals surface area contributed by atoms with Gasteiger partial charge in [-0.25, -0.2) is 13.2 Å². The van der Waals surface area contributed by atoms with Gasteiger partial charge in [0.15, 0.2) is 9.84 Å². The Morgan fingerprint density at radius 3 is 2.29 bits per heavy atom. The highest BCUT2D eigenvalue weighted by Gasteiger charge is 2.33. The zero-order valence-electron chi connectivity index (χ0n) is 7.13. The first-order valence-corrected chi connectivity index (χ1v) is 5.63. The van der Waals surface area contributed by atoms with Crippen LogP contribution in [0.25, 0.3) is 0 Å². The molecule has 0 aromatic rings. The molecular weight excluding hydrogens is 210 g/mol. The molecule has 1 heterocycles. The number of carbonyl (C=O) groups excluding carboxylic acids is 1. The maximum Gasteiger partial charge on any atom is 0.328 e. The number of carboxylic acid groups (broad SMARTS) is 1. The lowest BCUT2D eigenvalue weighted by molar-refractivity contribution is -0.131. The number of rotatable bonds is 3. The number of sulfone groups is 1. The summed E-state index contributed by atoms with van der Waals surface area (Å²) >= 11 is 0. The number of nitrogens with one attached hydrogen (secondary N) is 1. The normalized spacial score (nSPS) is 20.3. The van der Waals surface area contributed by atoms with E-state index >= 15 is 0 Å². The van der Waals surface area contributed by atoms with Gasteiger partial charge >= 0.3 is 5.97 Å². The zero-order valence-corrected chi connectivity index (χ0v) is 7.95. The lowest BCUT2D eigenvalue weighted by Crippen LogP contribution is -2.52. The van der Waals surface area contributed by atoms with Crippen LogP contribution in [0.15, 0.2) is 12.2 Å². The van der Waals surface area contributed by atoms with Crippen molar-refractivity contribution < 1.29 is 23.1 Å². The lowest BCUT2D eigenvalue weighted by atomic mass is 10.3. The Hall–Kier alpha value is -1.37. The summed E-state index contributed by atoms with van der Waals surface area (Å²) in [5.74, 6) is -1.95. The molecule has 0 aliphatic carbocycles. The van der Waals surface area contributed by atoms with E-state index in [0.29, 0.717) is 6.08 Å². The van der Waals surface area contributed by atoms with Crippen molar-refractivity contribution >= 4 is 21.7 Å². The van der Waals surface area contributed by atoms with Gasteiger partial charge in [0.2, 0.25) is 5.91 Å². The molecule has 1 aliphatic rings. The molecule has 1 fully saturated rings. The molecular formula is C7H9NO5S. The molecule has 0 atom stereocenters. The van der Waals surface area contributed by atoms with Gasteiger partial charge < -0.3 is 10.4 Å². The number of carbonyl (C=O) groups is 2. The van der Waals surface area contributed by atoms with Crippen molar-refractivity contribution in [3.63, 3.8) is 0 Å². The zero-order chi connectivity index (χ0) is 10.8. The van der Waals surface area contributed by atoms with Crippen LogP contribution in [-0.4, -0.2) is 42.9 Å². The smallest absolute Gasteiger partial charge is 0.328 e. The van der Waals surface area contributed by atoms with E-state index in [2.05, 4.69) is 5.32 Å². The van der Waals surface area contributed by atoms with Gasteiger partial charge in [-0.3, -0.25) is 4.79 Å². The number of hydrogen-bond donors (Lipinski definition) is 2. The van der Waals surface area contributed by atoms with Crippen molar-refractivity contribution in [2.45, 2.75) is 6.04 Å².